The van der Waals surface area contributed by atoms with Gasteiger partial charge in [-0.3, -0.25) is 4.90 Å². The lowest BCUT2D eigenvalue weighted by molar-refractivity contribution is 0.249. The highest BCUT2D eigenvalue weighted by Gasteiger charge is 2.21. The van der Waals surface area contributed by atoms with Crippen LogP contribution >= 0.6 is 0 Å². The zero-order valence-electron chi connectivity index (χ0n) is 9.47. The van der Waals surface area contributed by atoms with E-state index in [0.29, 0.717) is 18.3 Å². The van der Waals surface area contributed by atoms with Crippen LogP contribution in [0.4, 0.5) is 0 Å². The van der Waals surface area contributed by atoms with Crippen LogP contribution in [0.5, 0.6) is 5.75 Å². The number of phenolic OH excluding ortho intramolecular Hbond substituents is 1. The first-order valence-corrected chi connectivity index (χ1v) is 5.89. The first-order chi connectivity index (χ1) is 7.78. The smallest absolute Gasteiger partial charge is 0.115 e. The van der Waals surface area contributed by atoms with Crippen LogP contribution in [0.15, 0.2) is 24.3 Å². The van der Waals surface area contributed by atoms with Gasteiger partial charge in [-0.15, -0.1) is 0 Å². The molecule has 2 N–H and O–H groups in total. The fourth-order valence-electron chi connectivity index (χ4n) is 2.39. The average molecular weight is 221 g/mol. The molecule has 1 atom stereocenters. The minimum atomic E-state index is 0.296. The topological polar surface area (TPSA) is 43.7 Å². The monoisotopic (exact) mass is 221 g/mol. The summed E-state index contributed by atoms with van der Waals surface area (Å²) in [5, 5.41) is 18.3. The molecule has 0 amide bonds. The third-order valence-electron chi connectivity index (χ3n) is 3.22. The molecule has 0 radical (unpaired) electrons. The van der Waals surface area contributed by atoms with Gasteiger partial charge in [-0.2, -0.15) is 0 Å². The standard InChI is InChI=1S/C13H19NO2/c15-7-5-11-4-6-14(9-11)10-12-2-1-3-13(16)8-12/h1-3,8,11,15-16H,4-7,9-10H2. The van der Waals surface area contributed by atoms with E-state index in [-0.39, 0.29) is 0 Å². The van der Waals surface area contributed by atoms with Crippen molar-refractivity contribution >= 4 is 0 Å². The van der Waals surface area contributed by atoms with Crippen LogP contribution in [0, 0.1) is 5.92 Å². The van der Waals surface area contributed by atoms with Crippen LogP contribution in [0.1, 0.15) is 18.4 Å². The van der Waals surface area contributed by atoms with Crippen molar-refractivity contribution in [3.8, 4) is 5.75 Å². The van der Waals surface area contributed by atoms with Gasteiger partial charge in [0, 0.05) is 19.7 Å². The second-order valence-electron chi connectivity index (χ2n) is 4.57. The number of phenols is 1. The van der Waals surface area contributed by atoms with E-state index in [2.05, 4.69) is 4.90 Å². The third kappa shape index (κ3) is 2.97. The van der Waals surface area contributed by atoms with Gasteiger partial charge in [-0.1, -0.05) is 12.1 Å². The Labute approximate surface area is 96.3 Å². The fourth-order valence-corrected chi connectivity index (χ4v) is 2.39. The van der Waals surface area contributed by atoms with Crippen LogP contribution in [-0.2, 0) is 6.54 Å². The molecular weight excluding hydrogens is 202 g/mol. The SMILES string of the molecule is OCCC1CCN(Cc2cccc(O)c2)C1. The molecule has 0 spiro atoms. The number of benzene rings is 1. The molecule has 3 nitrogen and oxygen atoms in total. The van der Waals surface area contributed by atoms with Gasteiger partial charge >= 0.3 is 0 Å². The molecule has 1 aliphatic heterocycles. The van der Waals surface area contributed by atoms with E-state index in [1.807, 2.05) is 18.2 Å². The van der Waals surface area contributed by atoms with Gasteiger partial charge in [0.1, 0.15) is 5.75 Å². The van der Waals surface area contributed by atoms with Crippen molar-refractivity contribution in [2.24, 2.45) is 5.92 Å². The van der Waals surface area contributed by atoms with Gasteiger partial charge in [0.15, 0.2) is 0 Å². The summed E-state index contributed by atoms with van der Waals surface area (Å²) in [5.74, 6) is 0.978. The second-order valence-corrected chi connectivity index (χ2v) is 4.57. The number of rotatable bonds is 4. The highest BCUT2D eigenvalue weighted by atomic mass is 16.3. The van der Waals surface area contributed by atoms with Crippen LogP contribution < -0.4 is 0 Å². The minimum absolute atomic E-state index is 0.296. The van der Waals surface area contributed by atoms with E-state index >= 15 is 0 Å². The zero-order chi connectivity index (χ0) is 11.4. The molecule has 88 valence electrons. The first kappa shape index (κ1) is 11.4. The molecule has 1 unspecified atom stereocenters. The Morgan fingerprint density at radius 2 is 2.25 bits per heavy atom. The second kappa shape index (κ2) is 5.32. The lowest BCUT2D eigenvalue weighted by atomic mass is 10.1. The lowest BCUT2D eigenvalue weighted by Crippen LogP contribution is -2.20. The van der Waals surface area contributed by atoms with Crippen LogP contribution in [0.3, 0.4) is 0 Å². The molecule has 1 fully saturated rings. The maximum atomic E-state index is 9.37. The Kier molecular flexibility index (Phi) is 3.80. The first-order valence-electron chi connectivity index (χ1n) is 5.89. The van der Waals surface area contributed by atoms with Gasteiger partial charge in [-0.05, 0) is 43.0 Å². The van der Waals surface area contributed by atoms with Crippen molar-refractivity contribution < 1.29 is 10.2 Å². The molecule has 2 rings (SSSR count). The van der Waals surface area contributed by atoms with Crippen molar-refractivity contribution in [2.45, 2.75) is 19.4 Å². The Balaban J connectivity index is 1.87. The summed E-state index contributed by atoms with van der Waals surface area (Å²) < 4.78 is 0. The zero-order valence-corrected chi connectivity index (χ0v) is 9.47. The molecule has 16 heavy (non-hydrogen) atoms. The number of likely N-dealkylation sites (tertiary alicyclic amines) is 1. The summed E-state index contributed by atoms with van der Waals surface area (Å²) in [6, 6.07) is 7.44. The van der Waals surface area contributed by atoms with Crippen LogP contribution in [0.25, 0.3) is 0 Å². The van der Waals surface area contributed by atoms with E-state index in [9.17, 15) is 5.11 Å². The summed E-state index contributed by atoms with van der Waals surface area (Å²) >= 11 is 0. The largest absolute Gasteiger partial charge is 0.508 e. The molecule has 0 aromatic heterocycles. The molecule has 0 aliphatic carbocycles. The van der Waals surface area contributed by atoms with E-state index in [1.165, 1.54) is 6.42 Å². The van der Waals surface area contributed by atoms with Crippen LogP contribution in [-0.4, -0.2) is 34.8 Å². The Morgan fingerprint density at radius 1 is 1.38 bits per heavy atom. The van der Waals surface area contributed by atoms with E-state index < -0.39 is 0 Å². The van der Waals surface area contributed by atoms with E-state index in [4.69, 9.17) is 5.11 Å². The molecule has 0 saturated carbocycles. The van der Waals surface area contributed by atoms with Crippen molar-refractivity contribution in [1.82, 2.24) is 4.90 Å². The molecule has 1 heterocycles. The van der Waals surface area contributed by atoms with Crippen molar-refractivity contribution in [2.75, 3.05) is 19.7 Å². The predicted octanol–water partition coefficient (Wildman–Crippen LogP) is 1.60. The Bertz CT molecular complexity index is 340. The maximum Gasteiger partial charge on any atom is 0.115 e. The average Bonchev–Trinajstić information content (AvgIpc) is 2.66. The molecule has 3 heteroatoms. The third-order valence-corrected chi connectivity index (χ3v) is 3.22. The van der Waals surface area contributed by atoms with Crippen LogP contribution in [0.2, 0.25) is 0 Å². The minimum Gasteiger partial charge on any atom is -0.508 e. The molecule has 1 aromatic rings. The number of aliphatic hydroxyl groups is 1. The molecule has 1 saturated heterocycles. The van der Waals surface area contributed by atoms with Crippen molar-refractivity contribution in [3.05, 3.63) is 29.8 Å². The number of hydrogen-bond donors (Lipinski definition) is 2. The van der Waals surface area contributed by atoms with Gasteiger partial charge < -0.3 is 10.2 Å². The lowest BCUT2D eigenvalue weighted by Gasteiger charge is -2.15. The Morgan fingerprint density at radius 3 is 3.00 bits per heavy atom. The van der Waals surface area contributed by atoms with Gasteiger partial charge in [0.2, 0.25) is 0 Å². The van der Waals surface area contributed by atoms with Crippen molar-refractivity contribution in [1.29, 1.82) is 0 Å². The van der Waals surface area contributed by atoms with Crippen molar-refractivity contribution in [3.63, 3.8) is 0 Å². The Hall–Kier alpha value is -1.06. The normalized spacial score (nSPS) is 21.4. The number of hydrogen-bond acceptors (Lipinski definition) is 3. The number of aromatic hydroxyl groups is 1. The van der Waals surface area contributed by atoms with Gasteiger partial charge in [0.25, 0.3) is 0 Å². The summed E-state index contributed by atoms with van der Waals surface area (Å²) in [4.78, 5) is 2.38. The number of nitrogens with zero attached hydrogens (tertiary/aromatic N) is 1. The van der Waals surface area contributed by atoms with Gasteiger partial charge in [0.05, 0.1) is 0 Å². The summed E-state index contributed by atoms with van der Waals surface area (Å²) in [6.07, 6.45) is 2.09. The summed E-state index contributed by atoms with van der Waals surface area (Å²) in [7, 11) is 0. The highest BCUT2D eigenvalue weighted by Crippen LogP contribution is 2.22. The fraction of sp³-hybridized carbons (Fsp3) is 0.538. The predicted molar refractivity (Wildman–Crippen MR) is 63.2 cm³/mol. The number of aliphatic hydroxyl groups excluding tert-OH is 1. The quantitative estimate of drug-likeness (QED) is 0.811. The highest BCUT2D eigenvalue weighted by molar-refractivity contribution is 5.27. The van der Waals surface area contributed by atoms with E-state index in [1.54, 1.807) is 6.07 Å². The molecule has 1 aliphatic rings. The molecular formula is C13H19NO2. The summed E-state index contributed by atoms with van der Waals surface area (Å²) in [5.41, 5.74) is 1.16. The molecule has 1 aromatic carbocycles. The van der Waals surface area contributed by atoms with E-state index in [0.717, 1.165) is 31.6 Å². The maximum absolute atomic E-state index is 9.37. The molecule has 0 bridgehead atoms. The van der Waals surface area contributed by atoms with Gasteiger partial charge in [-0.25, -0.2) is 0 Å². The summed E-state index contributed by atoms with van der Waals surface area (Å²) in [6.45, 7) is 3.36.